The van der Waals surface area contributed by atoms with Gasteiger partial charge >= 0.3 is 0 Å². The highest BCUT2D eigenvalue weighted by atomic mass is 32.2. The van der Waals surface area contributed by atoms with Crippen molar-refractivity contribution in [2.75, 3.05) is 42.6 Å². The molecule has 0 aliphatic heterocycles. The largest absolute Gasteiger partial charge is 0.378 e. The Bertz CT molecular complexity index is 622. The number of anilines is 2. The van der Waals surface area contributed by atoms with Gasteiger partial charge in [0.15, 0.2) is 0 Å². The van der Waals surface area contributed by atoms with Gasteiger partial charge in [0.1, 0.15) is 0 Å². The molecule has 1 aromatic rings. The third-order valence-corrected chi connectivity index (χ3v) is 4.81. The average molecular weight is 325 g/mol. The Morgan fingerprint density at radius 2 is 1.73 bits per heavy atom. The van der Waals surface area contributed by atoms with Gasteiger partial charge in [0.2, 0.25) is 15.9 Å². The Hall–Kier alpha value is -1.76. The first-order valence-corrected chi connectivity index (χ1v) is 9.16. The lowest BCUT2D eigenvalue weighted by molar-refractivity contribution is -0.122. The first kappa shape index (κ1) is 16.6. The number of hydrogen-bond donors (Lipinski definition) is 1. The molecule has 0 unspecified atom stereocenters. The van der Waals surface area contributed by atoms with E-state index in [-0.39, 0.29) is 18.4 Å². The molecule has 7 heteroatoms. The Morgan fingerprint density at radius 3 is 2.18 bits per heavy atom. The van der Waals surface area contributed by atoms with Crippen molar-refractivity contribution in [3.8, 4) is 0 Å². The number of carbonyl (C=O) groups excluding carboxylic acids is 1. The third kappa shape index (κ3) is 4.37. The van der Waals surface area contributed by atoms with Crippen molar-refractivity contribution in [3.63, 3.8) is 0 Å². The van der Waals surface area contributed by atoms with E-state index in [1.807, 2.05) is 31.1 Å². The summed E-state index contributed by atoms with van der Waals surface area (Å²) in [6.45, 7) is 0.552. The van der Waals surface area contributed by atoms with Crippen molar-refractivity contribution in [2.24, 2.45) is 5.92 Å². The van der Waals surface area contributed by atoms with Gasteiger partial charge in [0.25, 0.3) is 0 Å². The van der Waals surface area contributed by atoms with Crippen molar-refractivity contribution in [3.05, 3.63) is 24.3 Å². The molecule has 1 amide bonds. The summed E-state index contributed by atoms with van der Waals surface area (Å²) in [5, 5.41) is 2.79. The van der Waals surface area contributed by atoms with Gasteiger partial charge in [0, 0.05) is 32.2 Å². The molecule has 122 valence electrons. The van der Waals surface area contributed by atoms with Gasteiger partial charge in [0.05, 0.1) is 18.5 Å². The van der Waals surface area contributed by atoms with Crippen molar-refractivity contribution in [1.29, 1.82) is 0 Å². The molecule has 0 atom stereocenters. The Morgan fingerprint density at radius 1 is 1.18 bits per heavy atom. The molecule has 1 aromatic carbocycles. The van der Waals surface area contributed by atoms with Gasteiger partial charge in [-0.2, -0.15) is 0 Å². The van der Waals surface area contributed by atoms with Crippen LogP contribution in [-0.2, 0) is 14.8 Å². The molecule has 0 aromatic heterocycles. The number of amides is 1. The number of nitrogens with zero attached hydrogens (tertiary/aromatic N) is 2. The minimum Gasteiger partial charge on any atom is -0.378 e. The van der Waals surface area contributed by atoms with E-state index in [9.17, 15) is 13.2 Å². The zero-order valence-electron chi connectivity index (χ0n) is 13.2. The summed E-state index contributed by atoms with van der Waals surface area (Å²) in [7, 11) is 0.469. The highest BCUT2D eigenvalue weighted by Gasteiger charge is 2.29. The van der Waals surface area contributed by atoms with E-state index in [0.717, 1.165) is 18.5 Å². The Balaban J connectivity index is 2.03. The molecule has 1 aliphatic rings. The highest BCUT2D eigenvalue weighted by Crippen LogP contribution is 2.28. The van der Waals surface area contributed by atoms with Crippen LogP contribution in [0.2, 0.25) is 0 Å². The monoisotopic (exact) mass is 325 g/mol. The number of nitrogens with one attached hydrogen (secondary N) is 1. The summed E-state index contributed by atoms with van der Waals surface area (Å²) in [5.74, 6) is 0.155. The lowest BCUT2D eigenvalue weighted by atomic mass is 10.2. The van der Waals surface area contributed by atoms with Crippen LogP contribution in [0.5, 0.6) is 0 Å². The normalized spacial score (nSPS) is 14.5. The van der Waals surface area contributed by atoms with Crippen LogP contribution in [0, 0.1) is 5.92 Å². The highest BCUT2D eigenvalue weighted by molar-refractivity contribution is 7.92. The van der Waals surface area contributed by atoms with Crippen molar-refractivity contribution < 1.29 is 13.2 Å². The summed E-state index contributed by atoms with van der Waals surface area (Å²) in [6, 6.07) is 7.30. The van der Waals surface area contributed by atoms with Crippen LogP contribution in [0.1, 0.15) is 12.8 Å². The van der Waals surface area contributed by atoms with Gasteiger partial charge in [-0.25, -0.2) is 8.42 Å². The summed E-state index contributed by atoms with van der Waals surface area (Å²) in [4.78, 5) is 13.6. The number of carbonyl (C=O) groups is 1. The molecule has 0 saturated heterocycles. The first-order valence-electron chi connectivity index (χ1n) is 7.32. The van der Waals surface area contributed by atoms with Crippen LogP contribution in [0.25, 0.3) is 0 Å². The van der Waals surface area contributed by atoms with Gasteiger partial charge < -0.3 is 10.2 Å². The van der Waals surface area contributed by atoms with Crippen molar-refractivity contribution in [1.82, 2.24) is 5.32 Å². The maximum absolute atomic E-state index is 12.0. The molecule has 0 radical (unpaired) electrons. The fraction of sp³-hybridized carbons (Fsp3) is 0.533. The minimum absolute atomic E-state index is 0.0245. The number of hydrogen-bond acceptors (Lipinski definition) is 4. The zero-order chi connectivity index (χ0) is 16.3. The van der Waals surface area contributed by atoms with E-state index in [0.29, 0.717) is 12.2 Å². The van der Waals surface area contributed by atoms with E-state index in [1.54, 1.807) is 12.1 Å². The molecule has 1 aliphatic carbocycles. The summed E-state index contributed by atoms with van der Waals surface area (Å²) >= 11 is 0. The predicted octanol–water partition coefficient (Wildman–Crippen LogP) is 1.04. The molecule has 1 N–H and O–H groups in total. The van der Waals surface area contributed by atoms with Crippen LogP contribution in [0.4, 0.5) is 11.4 Å². The topological polar surface area (TPSA) is 69.7 Å². The van der Waals surface area contributed by atoms with Gasteiger partial charge in [-0.05, 0) is 37.1 Å². The lowest BCUT2D eigenvalue weighted by Crippen LogP contribution is -2.38. The molecule has 0 bridgehead atoms. The van der Waals surface area contributed by atoms with Gasteiger partial charge in [-0.15, -0.1) is 0 Å². The predicted molar refractivity (Wildman–Crippen MR) is 88.7 cm³/mol. The number of benzene rings is 1. The van der Waals surface area contributed by atoms with E-state index < -0.39 is 10.0 Å². The summed E-state index contributed by atoms with van der Waals surface area (Å²) < 4.78 is 25.3. The summed E-state index contributed by atoms with van der Waals surface area (Å²) in [5.41, 5.74) is 1.60. The molecule has 6 nitrogen and oxygen atoms in total. The van der Waals surface area contributed by atoms with E-state index in [2.05, 4.69) is 5.32 Å². The Kier molecular flexibility index (Phi) is 4.95. The maximum Gasteiger partial charge on any atom is 0.232 e. The van der Waals surface area contributed by atoms with Gasteiger partial charge in [-0.1, -0.05) is 0 Å². The molecular formula is C15H23N3O3S. The second-order valence-corrected chi connectivity index (χ2v) is 7.72. The SMILES string of the molecule is CN(C)c1ccc(N(CCNC(=O)C2CC2)S(C)(=O)=O)cc1. The molecular weight excluding hydrogens is 302 g/mol. The van der Waals surface area contributed by atoms with E-state index in [4.69, 9.17) is 0 Å². The Labute approximate surface area is 132 Å². The van der Waals surface area contributed by atoms with Crippen LogP contribution >= 0.6 is 0 Å². The van der Waals surface area contributed by atoms with Crippen molar-refractivity contribution >= 4 is 27.3 Å². The van der Waals surface area contributed by atoms with Crippen LogP contribution in [0.15, 0.2) is 24.3 Å². The van der Waals surface area contributed by atoms with Crippen LogP contribution in [0.3, 0.4) is 0 Å². The standard InChI is InChI=1S/C15H23N3O3S/c1-17(2)13-6-8-14(9-7-13)18(22(3,20)21)11-10-16-15(19)12-4-5-12/h6-9,12H,4-5,10-11H2,1-3H3,(H,16,19). The smallest absolute Gasteiger partial charge is 0.232 e. The minimum atomic E-state index is -3.39. The first-order chi connectivity index (χ1) is 10.3. The van der Waals surface area contributed by atoms with Crippen molar-refractivity contribution in [2.45, 2.75) is 12.8 Å². The fourth-order valence-corrected chi connectivity index (χ4v) is 3.10. The molecule has 0 heterocycles. The van der Waals surface area contributed by atoms with E-state index >= 15 is 0 Å². The fourth-order valence-electron chi connectivity index (χ4n) is 2.17. The third-order valence-electron chi connectivity index (χ3n) is 3.62. The summed E-state index contributed by atoms with van der Waals surface area (Å²) in [6.07, 6.45) is 3.05. The molecule has 0 spiro atoms. The number of rotatable bonds is 7. The second kappa shape index (κ2) is 6.56. The molecule has 22 heavy (non-hydrogen) atoms. The molecule has 2 rings (SSSR count). The maximum atomic E-state index is 12.0. The lowest BCUT2D eigenvalue weighted by Gasteiger charge is -2.23. The van der Waals surface area contributed by atoms with Crippen LogP contribution < -0.4 is 14.5 Å². The average Bonchev–Trinajstić information content (AvgIpc) is 3.26. The number of sulfonamides is 1. The van der Waals surface area contributed by atoms with E-state index in [1.165, 1.54) is 10.6 Å². The van der Waals surface area contributed by atoms with Crippen LogP contribution in [-0.4, -0.2) is 47.8 Å². The van der Waals surface area contributed by atoms with Gasteiger partial charge in [-0.3, -0.25) is 9.10 Å². The molecule has 1 fully saturated rings. The zero-order valence-corrected chi connectivity index (χ0v) is 14.1. The second-order valence-electron chi connectivity index (χ2n) is 5.81. The molecule has 1 saturated carbocycles. The quantitative estimate of drug-likeness (QED) is 0.813.